The Morgan fingerprint density at radius 3 is 2.80 bits per heavy atom. The van der Waals surface area contributed by atoms with E-state index in [1.54, 1.807) is 13.0 Å². The molecular weight excluding hydrogens is 544 g/mol. The topological polar surface area (TPSA) is 121 Å². The fourth-order valence-corrected chi connectivity index (χ4v) is 5.08. The molecule has 40 heavy (non-hydrogen) atoms. The van der Waals surface area contributed by atoms with Crippen molar-refractivity contribution in [2.45, 2.75) is 51.5 Å². The monoisotopic (exact) mass is 569 g/mol. The lowest BCUT2D eigenvalue weighted by Gasteiger charge is -2.18. The van der Waals surface area contributed by atoms with Crippen LogP contribution >= 0.6 is 11.6 Å². The van der Waals surface area contributed by atoms with Gasteiger partial charge >= 0.3 is 0 Å². The van der Waals surface area contributed by atoms with Gasteiger partial charge in [0, 0.05) is 29.7 Å². The summed E-state index contributed by atoms with van der Waals surface area (Å²) in [6.45, 7) is 4.05. The number of halogens is 3. The maximum atomic E-state index is 14.5. The highest BCUT2D eigenvalue weighted by Gasteiger charge is 2.31. The molecule has 0 radical (unpaired) electrons. The van der Waals surface area contributed by atoms with E-state index >= 15 is 0 Å². The number of benzene rings is 2. The van der Waals surface area contributed by atoms with Crippen molar-refractivity contribution in [2.75, 3.05) is 11.9 Å². The van der Waals surface area contributed by atoms with Crippen LogP contribution in [0.5, 0.6) is 5.75 Å². The number of nitro groups is 1. The van der Waals surface area contributed by atoms with Crippen LogP contribution in [0.25, 0.3) is 5.69 Å². The van der Waals surface area contributed by atoms with E-state index in [1.807, 2.05) is 6.92 Å². The van der Waals surface area contributed by atoms with E-state index in [0.717, 1.165) is 11.6 Å². The summed E-state index contributed by atoms with van der Waals surface area (Å²) in [5, 5.41) is 19.0. The first-order valence-corrected chi connectivity index (χ1v) is 13.1. The van der Waals surface area contributed by atoms with E-state index in [1.165, 1.54) is 35.3 Å². The molecule has 0 bridgehead atoms. The van der Waals surface area contributed by atoms with Crippen LogP contribution in [-0.4, -0.2) is 42.3 Å². The molecule has 1 N–H and O–H groups in total. The SMILES string of the molecule is Cc1ncn(-c2ccc([N+](=O)[O-])cc2OCCCC(C)Nc2nc(Cl)nc3c2CCC3c2ccc(F)cc2F)n1. The standard InChI is InChI=1S/C27H26ClF2N7O3/c1-15(4-3-11-40-24-13-18(37(38)39)6-10-23(24)36-14-31-16(2)35-36)32-26-21-9-8-20(25(21)33-27(28)34-26)19-7-5-17(29)12-22(19)30/h5-7,10,12-15,20H,3-4,8-9,11H2,1-2H3,(H,32,33,34). The van der Waals surface area contributed by atoms with Crippen molar-refractivity contribution in [1.82, 2.24) is 24.7 Å². The van der Waals surface area contributed by atoms with E-state index in [0.29, 0.717) is 66.6 Å². The summed E-state index contributed by atoms with van der Waals surface area (Å²) in [6.07, 6.45) is 4.09. The quantitative estimate of drug-likeness (QED) is 0.108. The lowest BCUT2D eigenvalue weighted by molar-refractivity contribution is -0.384. The number of ether oxygens (including phenoxy) is 1. The largest absolute Gasteiger partial charge is 0.491 e. The van der Waals surface area contributed by atoms with E-state index in [2.05, 4.69) is 25.4 Å². The number of nitrogens with zero attached hydrogens (tertiary/aromatic N) is 6. The molecule has 208 valence electrons. The van der Waals surface area contributed by atoms with Crippen molar-refractivity contribution < 1.29 is 18.4 Å². The Labute approximate surface area is 233 Å². The third-order valence-electron chi connectivity index (χ3n) is 6.79. The summed E-state index contributed by atoms with van der Waals surface area (Å²) in [7, 11) is 0. The molecule has 5 rings (SSSR count). The number of non-ortho nitro benzene ring substituents is 1. The van der Waals surface area contributed by atoms with Crippen molar-refractivity contribution in [2.24, 2.45) is 0 Å². The van der Waals surface area contributed by atoms with Crippen molar-refractivity contribution in [1.29, 1.82) is 0 Å². The Morgan fingerprint density at radius 1 is 1.25 bits per heavy atom. The third-order valence-corrected chi connectivity index (χ3v) is 6.96. The maximum absolute atomic E-state index is 14.5. The van der Waals surface area contributed by atoms with Gasteiger partial charge in [0.25, 0.3) is 5.69 Å². The van der Waals surface area contributed by atoms with Gasteiger partial charge in [-0.1, -0.05) is 6.07 Å². The maximum Gasteiger partial charge on any atom is 0.273 e. The molecule has 0 fully saturated rings. The molecule has 2 aromatic heterocycles. The minimum atomic E-state index is -0.629. The molecule has 2 aromatic carbocycles. The minimum absolute atomic E-state index is 0.0252. The van der Waals surface area contributed by atoms with Gasteiger partial charge in [0.2, 0.25) is 5.28 Å². The number of nitro benzene ring substituents is 1. The van der Waals surface area contributed by atoms with Crippen molar-refractivity contribution in [3.63, 3.8) is 0 Å². The first kappa shape index (κ1) is 27.4. The summed E-state index contributed by atoms with van der Waals surface area (Å²) in [4.78, 5) is 23.7. The number of aryl methyl sites for hydroxylation is 1. The van der Waals surface area contributed by atoms with Crippen molar-refractivity contribution in [3.05, 3.63) is 92.4 Å². The minimum Gasteiger partial charge on any atom is -0.491 e. The average molecular weight is 570 g/mol. The number of aromatic nitrogens is 5. The van der Waals surface area contributed by atoms with Crippen LogP contribution in [-0.2, 0) is 6.42 Å². The molecule has 0 amide bonds. The Bertz CT molecular complexity index is 1570. The fourth-order valence-electron chi connectivity index (χ4n) is 4.90. The highest BCUT2D eigenvalue weighted by Crippen LogP contribution is 2.41. The van der Waals surface area contributed by atoms with Gasteiger partial charge in [-0.05, 0) is 68.8 Å². The summed E-state index contributed by atoms with van der Waals surface area (Å²) in [6, 6.07) is 7.90. The van der Waals surface area contributed by atoms with Gasteiger partial charge in [-0.2, -0.15) is 5.10 Å². The van der Waals surface area contributed by atoms with Crippen LogP contribution in [0.3, 0.4) is 0 Å². The number of anilines is 1. The number of nitrogens with one attached hydrogen (secondary N) is 1. The summed E-state index contributed by atoms with van der Waals surface area (Å²) in [5.41, 5.74) is 2.36. The Kier molecular flexibility index (Phi) is 7.88. The number of hydrogen-bond donors (Lipinski definition) is 1. The summed E-state index contributed by atoms with van der Waals surface area (Å²) >= 11 is 6.23. The summed E-state index contributed by atoms with van der Waals surface area (Å²) < 4.78 is 35.4. The highest BCUT2D eigenvalue weighted by molar-refractivity contribution is 6.28. The molecule has 13 heteroatoms. The van der Waals surface area contributed by atoms with Gasteiger partial charge in [-0.25, -0.2) is 28.4 Å². The molecule has 10 nitrogen and oxygen atoms in total. The molecule has 4 aromatic rings. The van der Waals surface area contributed by atoms with Crippen LogP contribution in [0, 0.1) is 28.7 Å². The number of rotatable bonds is 10. The molecule has 0 saturated heterocycles. The zero-order valence-corrected chi connectivity index (χ0v) is 22.5. The second kappa shape index (κ2) is 11.5. The van der Waals surface area contributed by atoms with Crippen LogP contribution in [0.2, 0.25) is 5.28 Å². The van der Waals surface area contributed by atoms with E-state index in [-0.39, 0.29) is 22.9 Å². The van der Waals surface area contributed by atoms with Crippen molar-refractivity contribution >= 4 is 23.1 Å². The van der Waals surface area contributed by atoms with Gasteiger partial charge in [-0.15, -0.1) is 0 Å². The van der Waals surface area contributed by atoms with Gasteiger partial charge in [0.15, 0.2) is 5.75 Å². The lowest BCUT2D eigenvalue weighted by atomic mass is 9.96. The molecule has 2 atom stereocenters. The van der Waals surface area contributed by atoms with Crippen LogP contribution in [0.1, 0.15) is 54.7 Å². The van der Waals surface area contributed by atoms with Gasteiger partial charge in [0.1, 0.15) is 35.3 Å². The fraction of sp³-hybridized carbons (Fsp3) is 0.333. The third kappa shape index (κ3) is 5.86. The first-order valence-electron chi connectivity index (χ1n) is 12.8. The zero-order chi connectivity index (χ0) is 28.4. The molecule has 2 heterocycles. The summed E-state index contributed by atoms with van der Waals surface area (Å²) in [5.74, 6) is -0.0834. The van der Waals surface area contributed by atoms with E-state index in [9.17, 15) is 18.9 Å². The second-order valence-corrected chi connectivity index (χ2v) is 9.98. The molecule has 0 spiro atoms. The molecular formula is C27H26ClF2N7O3. The molecule has 0 aliphatic heterocycles. The Balaban J connectivity index is 1.24. The highest BCUT2D eigenvalue weighted by atomic mass is 35.5. The first-order chi connectivity index (χ1) is 19.2. The normalized spacial score (nSPS) is 15.1. The second-order valence-electron chi connectivity index (χ2n) is 9.64. The van der Waals surface area contributed by atoms with E-state index < -0.39 is 16.6 Å². The molecule has 2 unspecified atom stereocenters. The molecule has 1 aliphatic carbocycles. The number of hydrogen-bond acceptors (Lipinski definition) is 8. The van der Waals surface area contributed by atoms with Crippen LogP contribution in [0.15, 0.2) is 42.7 Å². The molecule has 1 aliphatic rings. The lowest BCUT2D eigenvalue weighted by Crippen LogP contribution is -2.19. The number of fused-ring (bicyclic) bond motifs is 1. The smallest absolute Gasteiger partial charge is 0.273 e. The average Bonchev–Trinajstić information content (AvgIpc) is 3.53. The zero-order valence-electron chi connectivity index (χ0n) is 21.8. The Hall–Kier alpha value is -4.19. The van der Waals surface area contributed by atoms with Crippen LogP contribution in [0.4, 0.5) is 20.3 Å². The van der Waals surface area contributed by atoms with Crippen LogP contribution < -0.4 is 10.1 Å². The van der Waals surface area contributed by atoms with Gasteiger partial charge in [0.05, 0.1) is 23.3 Å². The Morgan fingerprint density at radius 2 is 2.08 bits per heavy atom. The van der Waals surface area contributed by atoms with Gasteiger partial charge in [-0.3, -0.25) is 10.1 Å². The van der Waals surface area contributed by atoms with Crippen molar-refractivity contribution in [3.8, 4) is 11.4 Å². The van der Waals surface area contributed by atoms with E-state index in [4.69, 9.17) is 16.3 Å². The van der Waals surface area contributed by atoms with Gasteiger partial charge < -0.3 is 10.1 Å². The predicted molar refractivity (Wildman–Crippen MR) is 144 cm³/mol. The molecule has 0 saturated carbocycles. The predicted octanol–water partition coefficient (Wildman–Crippen LogP) is 5.94.